The lowest BCUT2D eigenvalue weighted by Crippen LogP contribution is -2.51. The Morgan fingerprint density at radius 3 is 2.24 bits per heavy atom. The first-order chi connectivity index (χ1) is 20.3. The van der Waals surface area contributed by atoms with Gasteiger partial charge in [0.15, 0.2) is 11.6 Å². The SMILES string of the molecule is Cc1ccc(C(=O)C2C(C(=O)c3ccc([N+](=O)[O-])cc3)N3c4ccccc4C=CC3C23C(=O)Nc2ccccc23)cc1. The van der Waals surface area contributed by atoms with Crippen LogP contribution >= 0.6 is 0 Å². The number of Topliss-reactive ketones (excluding diaryl/α,β-unsaturated/α-hetero) is 2. The standard InChI is InChI=1S/C34H25N3O5/c1-20-10-12-22(13-11-20)31(38)29-30(32(39)23-14-17-24(18-15-23)37(41)42)36-27-9-5-2-6-21(27)16-19-28(36)34(29)25-7-3-4-8-26(25)35-33(34)40/h2-19,28-30H,1H3,(H,35,40). The fraction of sp³-hybridized carbons (Fsp3) is 0.147. The lowest BCUT2D eigenvalue weighted by atomic mass is 9.64. The molecule has 1 spiro atoms. The molecule has 1 fully saturated rings. The highest BCUT2D eigenvalue weighted by Crippen LogP contribution is 2.58. The zero-order valence-electron chi connectivity index (χ0n) is 22.6. The zero-order valence-corrected chi connectivity index (χ0v) is 22.6. The average molecular weight is 556 g/mol. The van der Waals surface area contributed by atoms with Gasteiger partial charge in [-0.3, -0.25) is 24.5 Å². The number of aryl methyl sites for hydroxylation is 1. The molecular weight excluding hydrogens is 530 g/mol. The summed E-state index contributed by atoms with van der Waals surface area (Å²) in [5, 5.41) is 14.3. The lowest BCUT2D eigenvalue weighted by molar-refractivity contribution is -0.384. The Bertz CT molecular complexity index is 1830. The number of nitro benzene ring substituents is 1. The first kappa shape index (κ1) is 25.6. The van der Waals surface area contributed by atoms with Crippen LogP contribution in [0.1, 0.15) is 37.4 Å². The van der Waals surface area contributed by atoms with Gasteiger partial charge in [0.2, 0.25) is 5.91 Å². The highest BCUT2D eigenvalue weighted by molar-refractivity contribution is 6.18. The number of fused-ring (bicyclic) bond motifs is 6. The van der Waals surface area contributed by atoms with Crippen molar-refractivity contribution in [3.63, 3.8) is 0 Å². The maximum atomic E-state index is 14.7. The molecule has 1 saturated heterocycles. The second-order valence-electron chi connectivity index (χ2n) is 11.0. The van der Waals surface area contributed by atoms with Gasteiger partial charge in [0.05, 0.1) is 16.9 Å². The van der Waals surface area contributed by atoms with Gasteiger partial charge in [-0.15, -0.1) is 0 Å². The predicted molar refractivity (Wildman–Crippen MR) is 159 cm³/mol. The van der Waals surface area contributed by atoms with Crippen molar-refractivity contribution in [3.8, 4) is 0 Å². The Hall–Kier alpha value is -5.37. The van der Waals surface area contributed by atoms with Gasteiger partial charge in [0, 0.05) is 34.6 Å². The van der Waals surface area contributed by atoms with E-state index in [9.17, 15) is 24.5 Å². The van der Waals surface area contributed by atoms with Crippen molar-refractivity contribution in [2.75, 3.05) is 10.2 Å². The van der Waals surface area contributed by atoms with Crippen molar-refractivity contribution in [1.29, 1.82) is 0 Å². The van der Waals surface area contributed by atoms with E-state index in [0.29, 0.717) is 16.8 Å². The van der Waals surface area contributed by atoms with Crippen molar-refractivity contribution in [3.05, 3.63) is 141 Å². The number of para-hydroxylation sites is 2. The molecule has 0 aliphatic carbocycles. The number of carbonyl (C=O) groups is 3. The molecule has 8 nitrogen and oxygen atoms in total. The van der Waals surface area contributed by atoms with Crippen LogP contribution in [0.2, 0.25) is 0 Å². The first-order valence-corrected chi connectivity index (χ1v) is 13.7. The van der Waals surface area contributed by atoms with Crippen LogP contribution in [-0.2, 0) is 10.2 Å². The van der Waals surface area contributed by atoms with Gasteiger partial charge in [-0.1, -0.05) is 78.4 Å². The zero-order chi connectivity index (χ0) is 29.2. The van der Waals surface area contributed by atoms with Crippen molar-refractivity contribution < 1.29 is 19.3 Å². The molecule has 206 valence electrons. The lowest BCUT2D eigenvalue weighted by Gasteiger charge is -2.37. The summed E-state index contributed by atoms with van der Waals surface area (Å²) in [7, 11) is 0. The van der Waals surface area contributed by atoms with Gasteiger partial charge in [0.25, 0.3) is 5.69 Å². The Labute approximate surface area is 241 Å². The van der Waals surface area contributed by atoms with E-state index >= 15 is 0 Å². The van der Waals surface area contributed by atoms with Crippen molar-refractivity contribution in [1.82, 2.24) is 0 Å². The Kier molecular flexibility index (Phi) is 5.69. The van der Waals surface area contributed by atoms with E-state index in [0.717, 1.165) is 16.8 Å². The fourth-order valence-electron chi connectivity index (χ4n) is 6.94. The number of carbonyl (C=O) groups excluding carboxylic acids is 3. The van der Waals surface area contributed by atoms with E-state index in [-0.39, 0.29) is 28.7 Å². The molecular formula is C34H25N3O5. The Morgan fingerprint density at radius 2 is 1.50 bits per heavy atom. The summed E-state index contributed by atoms with van der Waals surface area (Å²) in [6.07, 6.45) is 3.86. The Balaban J connectivity index is 1.51. The monoisotopic (exact) mass is 555 g/mol. The molecule has 0 aromatic heterocycles. The van der Waals surface area contributed by atoms with Crippen LogP contribution in [0.5, 0.6) is 0 Å². The number of anilines is 2. The van der Waals surface area contributed by atoms with Crippen molar-refractivity contribution >= 4 is 40.6 Å². The third-order valence-corrected chi connectivity index (χ3v) is 8.79. The van der Waals surface area contributed by atoms with Crippen LogP contribution in [0.25, 0.3) is 6.08 Å². The molecule has 7 rings (SSSR count). The molecule has 0 radical (unpaired) electrons. The first-order valence-electron chi connectivity index (χ1n) is 13.7. The van der Waals surface area contributed by atoms with Crippen LogP contribution in [-0.4, -0.2) is 34.5 Å². The van der Waals surface area contributed by atoms with Gasteiger partial charge in [-0.05, 0) is 42.3 Å². The van der Waals surface area contributed by atoms with Crippen LogP contribution in [0.3, 0.4) is 0 Å². The van der Waals surface area contributed by atoms with E-state index in [1.807, 2.05) is 84.6 Å². The molecule has 42 heavy (non-hydrogen) atoms. The van der Waals surface area contributed by atoms with Gasteiger partial charge < -0.3 is 10.2 Å². The Morgan fingerprint density at radius 1 is 0.857 bits per heavy atom. The summed E-state index contributed by atoms with van der Waals surface area (Å²) in [6, 6.07) is 25.8. The summed E-state index contributed by atoms with van der Waals surface area (Å²) in [5.41, 5.74) is 2.92. The molecule has 4 unspecified atom stereocenters. The maximum absolute atomic E-state index is 14.7. The minimum Gasteiger partial charge on any atom is -0.352 e. The van der Waals surface area contributed by atoms with Crippen LogP contribution in [0, 0.1) is 23.0 Å². The maximum Gasteiger partial charge on any atom is 0.269 e. The van der Waals surface area contributed by atoms with Crippen molar-refractivity contribution in [2.45, 2.75) is 24.4 Å². The number of nitrogens with zero attached hydrogens (tertiary/aromatic N) is 2. The molecule has 0 saturated carbocycles. The second kappa shape index (κ2) is 9.34. The summed E-state index contributed by atoms with van der Waals surface area (Å²) >= 11 is 0. The average Bonchev–Trinajstić information content (AvgIpc) is 3.49. The van der Waals surface area contributed by atoms with Crippen molar-refractivity contribution in [2.24, 2.45) is 5.92 Å². The van der Waals surface area contributed by atoms with Gasteiger partial charge in [0.1, 0.15) is 11.5 Å². The molecule has 3 aliphatic rings. The number of ketones is 2. The molecule has 4 aromatic carbocycles. The van der Waals surface area contributed by atoms with Gasteiger partial charge in [-0.2, -0.15) is 0 Å². The normalized spacial score (nSPS) is 23.2. The molecule has 3 aliphatic heterocycles. The van der Waals surface area contributed by atoms with E-state index in [1.165, 1.54) is 24.3 Å². The third-order valence-electron chi connectivity index (χ3n) is 8.79. The molecule has 4 atom stereocenters. The van der Waals surface area contributed by atoms with Gasteiger partial charge >= 0.3 is 0 Å². The number of hydrogen-bond donors (Lipinski definition) is 1. The smallest absolute Gasteiger partial charge is 0.269 e. The van der Waals surface area contributed by atoms with Crippen LogP contribution in [0.4, 0.5) is 17.1 Å². The minimum absolute atomic E-state index is 0.144. The summed E-state index contributed by atoms with van der Waals surface area (Å²) in [6.45, 7) is 1.93. The molecule has 1 N–H and O–H groups in total. The molecule has 4 aromatic rings. The molecule has 0 bridgehead atoms. The third kappa shape index (κ3) is 3.51. The largest absolute Gasteiger partial charge is 0.352 e. The number of benzene rings is 4. The number of nitro groups is 1. The van der Waals surface area contributed by atoms with E-state index < -0.39 is 28.3 Å². The highest BCUT2D eigenvalue weighted by Gasteiger charge is 2.70. The summed E-state index contributed by atoms with van der Waals surface area (Å²) < 4.78 is 0. The van der Waals surface area contributed by atoms with Gasteiger partial charge in [-0.25, -0.2) is 0 Å². The van der Waals surface area contributed by atoms with Crippen LogP contribution in [0.15, 0.2) is 103 Å². The topological polar surface area (TPSA) is 110 Å². The summed E-state index contributed by atoms with van der Waals surface area (Å²) in [4.78, 5) is 56.4. The second-order valence-corrected chi connectivity index (χ2v) is 11.0. The quantitative estimate of drug-likeness (QED) is 0.191. The van der Waals surface area contributed by atoms with E-state index in [4.69, 9.17) is 0 Å². The minimum atomic E-state index is -1.41. The number of amides is 1. The number of nitrogens with one attached hydrogen (secondary N) is 1. The van der Waals surface area contributed by atoms with Crippen LogP contribution < -0.4 is 10.2 Å². The number of non-ortho nitro benzene ring substituents is 1. The number of rotatable bonds is 5. The molecule has 3 heterocycles. The summed E-state index contributed by atoms with van der Waals surface area (Å²) in [5.74, 6) is -2.15. The number of hydrogen-bond acceptors (Lipinski definition) is 6. The van der Waals surface area contributed by atoms with E-state index in [2.05, 4.69) is 5.32 Å². The van der Waals surface area contributed by atoms with E-state index in [1.54, 1.807) is 12.1 Å². The molecule has 1 amide bonds. The highest BCUT2D eigenvalue weighted by atomic mass is 16.6. The fourth-order valence-corrected chi connectivity index (χ4v) is 6.94. The predicted octanol–water partition coefficient (Wildman–Crippen LogP) is 5.76. The molecule has 8 heteroatoms.